The molecule has 2 atom stereocenters. The molecule has 1 N–H and O–H groups in total. The van der Waals surface area contributed by atoms with Gasteiger partial charge < -0.3 is 10.2 Å². The summed E-state index contributed by atoms with van der Waals surface area (Å²) in [7, 11) is 0. The number of carbonyl (C=O) groups excluding carboxylic acids is 1. The number of nitrogens with one attached hydrogen (secondary N) is 1. The van der Waals surface area contributed by atoms with Crippen LogP contribution in [-0.4, -0.2) is 46.3 Å². The average molecular weight is 318 g/mol. The number of rotatable bonds is 2. The monoisotopic (exact) mass is 318 g/mol. The molecule has 1 aromatic carbocycles. The van der Waals surface area contributed by atoms with Crippen molar-refractivity contribution in [3.8, 4) is 5.69 Å². The summed E-state index contributed by atoms with van der Waals surface area (Å²) in [6.45, 7) is 2.49. The van der Waals surface area contributed by atoms with E-state index < -0.39 is 11.6 Å². The second-order valence-electron chi connectivity index (χ2n) is 6.01. The van der Waals surface area contributed by atoms with E-state index in [1.807, 2.05) is 4.90 Å². The number of likely N-dealkylation sites (tertiary alicyclic amines) is 1. The molecule has 0 radical (unpaired) electrons. The van der Waals surface area contributed by atoms with E-state index in [1.165, 1.54) is 16.9 Å². The summed E-state index contributed by atoms with van der Waals surface area (Å²) in [5.74, 6) is -0.988. The number of carbonyl (C=O) groups is 1. The molecule has 0 aliphatic carbocycles. The van der Waals surface area contributed by atoms with Gasteiger partial charge in [0, 0.05) is 37.9 Å². The highest BCUT2D eigenvalue weighted by atomic mass is 19.1. The van der Waals surface area contributed by atoms with Gasteiger partial charge in [-0.15, -0.1) is 0 Å². The van der Waals surface area contributed by atoms with E-state index in [0.29, 0.717) is 5.92 Å². The quantitative estimate of drug-likeness (QED) is 0.915. The molecule has 7 heteroatoms. The standard InChI is InChI=1S/C16H16F2N4O/c17-11-1-2-14(12(18)7-11)22-6-4-13(20-22)16(23)21-5-3-10-8-19-9-15(10)21/h1-2,4,6-7,10,15,19H,3,5,8-9H2/t10-,15+/m1/s1. The van der Waals surface area contributed by atoms with Gasteiger partial charge in [0.1, 0.15) is 11.5 Å². The van der Waals surface area contributed by atoms with Crippen molar-refractivity contribution in [1.29, 1.82) is 0 Å². The maximum absolute atomic E-state index is 13.8. The fourth-order valence-corrected chi connectivity index (χ4v) is 3.49. The molecule has 1 amide bonds. The number of aromatic nitrogens is 2. The predicted octanol–water partition coefficient (Wildman–Crippen LogP) is 1.58. The van der Waals surface area contributed by atoms with Gasteiger partial charge in [-0.3, -0.25) is 4.79 Å². The largest absolute Gasteiger partial charge is 0.333 e. The van der Waals surface area contributed by atoms with E-state index in [1.54, 1.807) is 6.07 Å². The molecule has 0 saturated carbocycles. The average Bonchev–Trinajstić information content (AvgIpc) is 3.23. The van der Waals surface area contributed by atoms with Crippen LogP contribution >= 0.6 is 0 Å². The van der Waals surface area contributed by atoms with Crippen molar-refractivity contribution in [3.63, 3.8) is 0 Å². The summed E-state index contributed by atoms with van der Waals surface area (Å²) >= 11 is 0. The molecule has 23 heavy (non-hydrogen) atoms. The molecule has 3 heterocycles. The van der Waals surface area contributed by atoms with Gasteiger partial charge in [-0.1, -0.05) is 0 Å². The molecular weight excluding hydrogens is 302 g/mol. The Morgan fingerprint density at radius 1 is 1.26 bits per heavy atom. The zero-order chi connectivity index (χ0) is 16.0. The predicted molar refractivity (Wildman–Crippen MR) is 79.3 cm³/mol. The normalized spacial score (nSPS) is 23.3. The van der Waals surface area contributed by atoms with Crippen LogP contribution in [0.1, 0.15) is 16.9 Å². The lowest BCUT2D eigenvalue weighted by molar-refractivity contribution is 0.0730. The first-order valence-corrected chi connectivity index (χ1v) is 7.66. The van der Waals surface area contributed by atoms with E-state index in [2.05, 4.69) is 10.4 Å². The fraction of sp³-hybridized carbons (Fsp3) is 0.375. The number of hydrogen-bond donors (Lipinski definition) is 1. The number of halogens is 2. The van der Waals surface area contributed by atoms with Crippen molar-refractivity contribution in [2.24, 2.45) is 5.92 Å². The lowest BCUT2D eigenvalue weighted by atomic mass is 10.1. The number of nitrogens with zero attached hydrogens (tertiary/aromatic N) is 3. The SMILES string of the molecule is O=C(c1ccn(-c2ccc(F)cc2F)n1)N1CC[C@@H]2CNC[C@@H]21. The summed E-state index contributed by atoms with van der Waals surface area (Å²) in [5.41, 5.74) is 0.397. The zero-order valence-electron chi connectivity index (χ0n) is 12.4. The first kappa shape index (κ1) is 14.3. The number of benzene rings is 1. The number of hydrogen-bond acceptors (Lipinski definition) is 3. The smallest absolute Gasteiger partial charge is 0.274 e. The van der Waals surface area contributed by atoms with Crippen LogP contribution < -0.4 is 5.32 Å². The minimum atomic E-state index is -0.715. The lowest BCUT2D eigenvalue weighted by Gasteiger charge is -2.22. The van der Waals surface area contributed by atoms with Crippen molar-refractivity contribution in [1.82, 2.24) is 20.0 Å². The van der Waals surface area contributed by atoms with Crippen LogP contribution in [0.3, 0.4) is 0 Å². The third-order valence-corrected chi connectivity index (χ3v) is 4.67. The molecule has 2 saturated heterocycles. The fourth-order valence-electron chi connectivity index (χ4n) is 3.49. The Balaban J connectivity index is 1.59. The third-order valence-electron chi connectivity index (χ3n) is 4.67. The van der Waals surface area contributed by atoms with Crippen LogP contribution in [0.4, 0.5) is 8.78 Å². The first-order chi connectivity index (χ1) is 11.1. The summed E-state index contributed by atoms with van der Waals surface area (Å²) in [4.78, 5) is 14.5. The van der Waals surface area contributed by atoms with Crippen molar-refractivity contribution < 1.29 is 13.6 Å². The van der Waals surface area contributed by atoms with Crippen molar-refractivity contribution >= 4 is 5.91 Å². The summed E-state index contributed by atoms with van der Waals surface area (Å²) in [5, 5.41) is 7.47. The van der Waals surface area contributed by atoms with Crippen LogP contribution in [0.15, 0.2) is 30.5 Å². The summed E-state index contributed by atoms with van der Waals surface area (Å²) < 4.78 is 28.1. The maximum atomic E-state index is 13.8. The Kier molecular flexibility index (Phi) is 3.37. The van der Waals surface area contributed by atoms with Gasteiger partial charge >= 0.3 is 0 Å². The highest BCUT2D eigenvalue weighted by Gasteiger charge is 2.40. The van der Waals surface area contributed by atoms with Crippen LogP contribution in [-0.2, 0) is 0 Å². The van der Waals surface area contributed by atoms with E-state index in [-0.39, 0.29) is 23.3 Å². The van der Waals surface area contributed by atoms with E-state index >= 15 is 0 Å². The van der Waals surface area contributed by atoms with Crippen molar-refractivity contribution in [3.05, 3.63) is 47.8 Å². The number of fused-ring (bicyclic) bond motifs is 1. The minimum absolute atomic E-state index is 0.118. The van der Waals surface area contributed by atoms with Gasteiger partial charge in [0.05, 0.1) is 0 Å². The molecule has 2 aliphatic rings. The minimum Gasteiger partial charge on any atom is -0.333 e. The summed E-state index contributed by atoms with van der Waals surface area (Å²) in [6.07, 6.45) is 2.51. The molecule has 0 bridgehead atoms. The molecule has 2 aliphatic heterocycles. The Labute approximate surface area is 131 Å². The summed E-state index contributed by atoms with van der Waals surface area (Å²) in [6, 6.07) is 5.06. The molecule has 0 unspecified atom stereocenters. The lowest BCUT2D eigenvalue weighted by Crippen LogP contribution is -2.39. The molecule has 5 nitrogen and oxygen atoms in total. The Bertz CT molecular complexity index is 760. The van der Waals surface area contributed by atoms with Gasteiger partial charge in [-0.2, -0.15) is 5.10 Å². The van der Waals surface area contributed by atoms with Gasteiger partial charge in [0.25, 0.3) is 5.91 Å². The van der Waals surface area contributed by atoms with Crippen LogP contribution in [0, 0.1) is 17.6 Å². The zero-order valence-corrected chi connectivity index (χ0v) is 12.4. The highest BCUT2D eigenvalue weighted by molar-refractivity contribution is 5.92. The molecule has 1 aromatic heterocycles. The first-order valence-electron chi connectivity index (χ1n) is 7.66. The van der Waals surface area contributed by atoms with Crippen molar-refractivity contribution in [2.45, 2.75) is 12.5 Å². The Morgan fingerprint density at radius 3 is 2.96 bits per heavy atom. The van der Waals surface area contributed by atoms with Crippen LogP contribution in [0.5, 0.6) is 0 Å². The van der Waals surface area contributed by atoms with Gasteiger partial charge in [-0.05, 0) is 30.5 Å². The Hall–Kier alpha value is -2.28. The second kappa shape index (κ2) is 5.42. The highest BCUT2D eigenvalue weighted by Crippen LogP contribution is 2.28. The number of amides is 1. The molecule has 2 fully saturated rings. The van der Waals surface area contributed by atoms with E-state index in [9.17, 15) is 13.6 Å². The third kappa shape index (κ3) is 2.41. The van der Waals surface area contributed by atoms with Gasteiger partial charge in [0.2, 0.25) is 0 Å². The topological polar surface area (TPSA) is 50.2 Å². The van der Waals surface area contributed by atoms with E-state index in [0.717, 1.165) is 38.2 Å². The van der Waals surface area contributed by atoms with Crippen LogP contribution in [0.25, 0.3) is 5.69 Å². The van der Waals surface area contributed by atoms with Gasteiger partial charge in [-0.25, -0.2) is 13.5 Å². The van der Waals surface area contributed by atoms with E-state index in [4.69, 9.17) is 0 Å². The Morgan fingerprint density at radius 2 is 2.13 bits per heavy atom. The molecule has 4 rings (SSSR count). The van der Waals surface area contributed by atoms with Crippen LogP contribution in [0.2, 0.25) is 0 Å². The molecule has 2 aromatic rings. The second-order valence-corrected chi connectivity index (χ2v) is 6.01. The maximum Gasteiger partial charge on any atom is 0.274 e. The molecule has 120 valence electrons. The van der Waals surface area contributed by atoms with Crippen molar-refractivity contribution in [2.75, 3.05) is 19.6 Å². The molecular formula is C16H16F2N4O. The van der Waals surface area contributed by atoms with Gasteiger partial charge in [0.15, 0.2) is 11.5 Å². The molecule has 0 spiro atoms.